The van der Waals surface area contributed by atoms with Gasteiger partial charge in [0.25, 0.3) is 0 Å². The molecule has 0 radical (unpaired) electrons. The number of aromatic nitrogens is 5. The zero-order valence-electron chi connectivity index (χ0n) is 18.2. The number of hydrogen-bond donors (Lipinski definition) is 1. The molecule has 0 spiro atoms. The van der Waals surface area contributed by atoms with Crippen molar-refractivity contribution < 1.29 is 9.50 Å². The van der Waals surface area contributed by atoms with Gasteiger partial charge in [-0.1, -0.05) is 26.8 Å². The van der Waals surface area contributed by atoms with E-state index < -0.39 is 11.4 Å². The Labute approximate surface area is 174 Å². The van der Waals surface area contributed by atoms with Crippen molar-refractivity contribution in [3.63, 3.8) is 0 Å². The first kappa shape index (κ1) is 20.3. The molecule has 0 saturated heterocycles. The summed E-state index contributed by atoms with van der Waals surface area (Å²) < 4.78 is 16.6. The summed E-state index contributed by atoms with van der Waals surface area (Å²) in [6.07, 6.45) is 0.922. The summed E-state index contributed by atoms with van der Waals surface area (Å²) in [5.41, 5.74) is 3.04. The van der Waals surface area contributed by atoms with E-state index in [-0.39, 0.29) is 11.0 Å². The third kappa shape index (κ3) is 3.23. The summed E-state index contributed by atoms with van der Waals surface area (Å²) in [6, 6.07) is 8.47. The summed E-state index contributed by atoms with van der Waals surface area (Å²) in [7, 11) is 0. The molecule has 3 aromatic heterocycles. The van der Waals surface area contributed by atoms with Crippen molar-refractivity contribution in [3.05, 3.63) is 53.1 Å². The second kappa shape index (κ2) is 6.80. The lowest BCUT2D eigenvalue weighted by molar-refractivity contribution is 0.0786. The number of rotatable bonds is 4. The molecule has 0 saturated carbocycles. The molecule has 4 rings (SSSR count). The van der Waals surface area contributed by atoms with Crippen LogP contribution in [0.25, 0.3) is 28.2 Å². The van der Waals surface area contributed by atoms with Crippen LogP contribution in [-0.4, -0.2) is 29.7 Å². The fraction of sp³-hybridized carbons (Fsp3) is 0.391. The van der Waals surface area contributed by atoms with E-state index in [1.165, 1.54) is 6.07 Å². The molecule has 4 aromatic rings. The van der Waals surface area contributed by atoms with E-state index in [1.54, 1.807) is 30.4 Å². The number of hydrogen-bond acceptors (Lipinski definition) is 5. The zero-order chi connectivity index (χ0) is 21.8. The van der Waals surface area contributed by atoms with Gasteiger partial charge in [-0.3, -0.25) is 4.40 Å². The van der Waals surface area contributed by atoms with E-state index in [1.807, 2.05) is 19.1 Å². The van der Waals surface area contributed by atoms with E-state index >= 15 is 0 Å². The average molecular weight is 407 g/mol. The standard InChI is InChI=1S/C23H26FN5O/c1-7-22(3,4)18-11-10-17-21(26-18)29-19(13(2)25-17)27-28-20(29)15-12-14(23(5,6)30)8-9-16(15)24/h8-12,30H,7H2,1-6H3. The van der Waals surface area contributed by atoms with Gasteiger partial charge in [-0.05, 0) is 57.0 Å². The Bertz CT molecular complexity index is 1270. The summed E-state index contributed by atoms with van der Waals surface area (Å²) in [4.78, 5) is 9.51. The molecule has 0 aliphatic heterocycles. The topological polar surface area (TPSA) is 76.2 Å². The molecule has 0 bridgehead atoms. The number of aliphatic hydroxyl groups is 1. The Kier molecular flexibility index (Phi) is 4.62. The average Bonchev–Trinajstić information content (AvgIpc) is 3.13. The Morgan fingerprint density at radius 1 is 1.00 bits per heavy atom. The smallest absolute Gasteiger partial charge is 0.184 e. The lowest BCUT2D eigenvalue weighted by Crippen LogP contribution is -2.18. The van der Waals surface area contributed by atoms with Crippen LogP contribution >= 0.6 is 0 Å². The zero-order valence-corrected chi connectivity index (χ0v) is 18.2. The van der Waals surface area contributed by atoms with Gasteiger partial charge in [0, 0.05) is 11.1 Å². The normalized spacial score (nSPS) is 12.8. The highest BCUT2D eigenvalue weighted by Gasteiger charge is 2.24. The molecule has 3 heterocycles. The van der Waals surface area contributed by atoms with Gasteiger partial charge in [0.1, 0.15) is 11.3 Å². The Balaban J connectivity index is 2.08. The van der Waals surface area contributed by atoms with Crippen LogP contribution in [0.2, 0.25) is 0 Å². The van der Waals surface area contributed by atoms with Crippen molar-refractivity contribution in [3.8, 4) is 11.4 Å². The first-order valence-corrected chi connectivity index (χ1v) is 10.1. The van der Waals surface area contributed by atoms with Crippen LogP contribution in [0.15, 0.2) is 30.3 Å². The fourth-order valence-corrected chi connectivity index (χ4v) is 3.45. The van der Waals surface area contributed by atoms with Crippen molar-refractivity contribution >= 4 is 16.8 Å². The van der Waals surface area contributed by atoms with Gasteiger partial charge in [0.05, 0.1) is 16.9 Å². The maximum absolute atomic E-state index is 14.9. The Morgan fingerprint density at radius 3 is 2.40 bits per heavy atom. The summed E-state index contributed by atoms with van der Waals surface area (Å²) >= 11 is 0. The van der Waals surface area contributed by atoms with Crippen LogP contribution in [0.3, 0.4) is 0 Å². The van der Waals surface area contributed by atoms with Crippen molar-refractivity contribution in [2.75, 3.05) is 0 Å². The molecule has 0 fully saturated rings. The van der Waals surface area contributed by atoms with Crippen LogP contribution in [-0.2, 0) is 11.0 Å². The van der Waals surface area contributed by atoms with E-state index in [2.05, 4.69) is 36.0 Å². The SMILES string of the molecule is CCC(C)(C)c1ccc2nc(C)c3nnc(-c4cc(C(C)(C)O)ccc4F)n3c2n1. The monoisotopic (exact) mass is 407 g/mol. The number of fused-ring (bicyclic) bond motifs is 3. The Hall–Kier alpha value is -2.93. The lowest BCUT2D eigenvalue weighted by atomic mass is 9.86. The number of benzene rings is 1. The summed E-state index contributed by atoms with van der Waals surface area (Å²) in [5.74, 6) is -0.104. The summed E-state index contributed by atoms with van der Waals surface area (Å²) in [6.45, 7) is 11.6. The molecule has 6 nitrogen and oxygen atoms in total. The van der Waals surface area contributed by atoms with Gasteiger partial charge in [-0.15, -0.1) is 10.2 Å². The first-order chi connectivity index (χ1) is 14.0. The van der Waals surface area contributed by atoms with Crippen molar-refractivity contribution in [1.82, 2.24) is 24.6 Å². The first-order valence-electron chi connectivity index (χ1n) is 10.1. The predicted octanol–water partition coefficient (Wildman–Crippen LogP) is 4.70. The molecule has 0 aliphatic rings. The summed E-state index contributed by atoms with van der Waals surface area (Å²) in [5, 5.41) is 19.0. The quantitative estimate of drug-likeness (QED) is 0.531. The van der Waals surface area contributed by atoms with Gasteiger partial charge in [-0.25, -0.2) is 14.4 Å². The molecule has 156 valence electrons. The highest BCUT2D eigenvalue weighted by Crippen LogP contribution is 2.31. The third-order valence-electron chi connectivity index (χ3n) is 5.83. The van der Waals surface area contributed by atoms with Gasteiger partial charge in [-0.2, -0.15) is 0 Å². The molecule has 0 atom stereocenters. The molecule has 0 amide bonds. The third-order valence-corrected chi connectivity index (χ3v) is 5.83. The van der Waals surface area contributed by atoms with Crippen molar-refractivity contribution in [1.29, 1.82) is 0 Å². The maximum Gasteiger partial charge on any atom is 0.184 e. The van der Waals surface area contributed by atoms with E-state index in [4.69, 9.17) is 4.98 Å². The van der Waals surface area contributed by atoms with E-state index in [0.29, 0.717) is 33.9 Å². The van der Waals surface area contributed by atoms with Gasteiger partial charge in [0.15, 0.2) is 17.1 Å². The predicted molar refractivity (Wildman–Crippen MR) is 115 cm³/mol. The number of nitrogens with zero attached hydrogens (tertiary/aromatic N) is 5. The number of halogens is 1. The second-order valence-electron chi connectivity index (χ2n) is 8.91. The fourth-order valence-electron chi connectivity index (χ4n) is 3.45. The molecule has 1 aromatic carbocycles. The molecule has 7 heteroatoms. The lowest BCUT2D eigenvalue weighted by Gasteiger charge is -2.22. The van der Waals surface area contributed by atoms with Gasteiger partial charge < -0.3 is 5.11 Å². The molecular weight excluding hydrogens is 381 g/mol. The molecule has 0 unspecified atom stereocenters. The Morgan fingerprint density at radius 2 is 1.73 bits per heavy atom. The van der Waals surface area contributed by atoms with Crippen molar-refractivity contribution in [2.45, 2.75) is 59.0 Å². The minimum Gasteiger partial charge on any atom is -0.386 e. The molecular formula is C23H26FN5O. The van der Waals surface area contributed by atoms with Gasteiger partial charge in [0.2, 0.25) is 0 Å². The molecule has 30 heavy (non-hydrogen) atoms. The van der Waals surface area contributed by atoms with E-state index in [9.17, 15) is 9.50 Å². The maximum atomic E-state index is 14.9. The minimum absolute atomic E-state index is 0.119. The molecule has 0 aliphatic carbocycles. The van der Waals surface area contributed by atoms with Crippen LogP contribution < -0.4 is 0 Å². The van der Waals surface area contributed by atoms with Crippen LogP contribution in [0.4, 0.5) is 4.39 Å². The van der Waals surface area contributed by atoms with Crippen LogP contribution in [0.1, 0.15) is 58.0 Å². The van der Waals surface area contributed by atoms with E-state index in [0.717, 1.165) is 12.1 Å². The van der Waals surface area contributed by atoms with Crippen LogP contribution in [0.5, 0.6) is 0 Å². The second-order valence-corrected chi connectivity index (χ2v) is 8.91. The highest BCUT2D eigenvalue weighted by atomic mass is 19.1. The number of pyridine rings is 1. The van der Waals surface area contributed by atoms with Crippen molar-refractivity contribution in [2.24, 2.45) is 0 Å². The molecule has 1 N–H and O–H groups in total. The highest BCUT2D eigenvalue weighted by molar-refractivity contribution is 5.78. The van der Waals surface area contributed by atoms with Gasteiger partial charge >= 0.3 is 0 Å². The largest absolute Gasteiger partial charge is 0.386 e. The van der Waals surface area contributed by atoms with Crippen LogP contribution in [0, 0.1) is 12.7 Å². The minimum atomic E-state index is -1.11. The number of aryl methyl sites for hydroxylation is 1.